The summed E-state index contributed by atoms with van der Waals surface area (Å²) in [6.45, 7) is 0.779. The molecule has 1 aliphatic heterocycles. The van der Waals surface area contributed by atoms with Crippen molar-refractivity contribution in [3.63, 3.8) is 0 Å². The van der Waals surface area contributed by atoms with Crippen LogP contribution in [0.15, 0.2) is 18.6 Å². The first kappa shape index (κ1) is 11.0. The van der Waals surface area contributed by atoms with Crippen LogP contribution in [-0.4, -0.2) is 30.4 Å². The molecule has 6 heteroatoms. The summed E-state index contributed by atoms with van der Waals surface area (Å²) in [5, 5.41) is 13.1. The van der Waals surface area contributed by atoms with Crippen molar-refractivity contribution in [1.82, 2.24) is 19.3 Å². The van der Waals surface area contributed by atoms with Crippen LogP contribution >= 0.6 is 0 Å². The number of nitrogens with zero attached hydrogens (tertiary/aromatic N) is 4. The Bertz CT molecular complexity index is 599. The zero-order valence-corrected chi connectivity index (χ0v) is 10.1. The second-order valence-corrected chi connectivity index (χ2v) is 4.68. The number of aromatic nitrogens is 4. The number of fused-ring (bicyclic) bond motifs is 1. The first-order valence-corrected chi connectivity index (χ1v) is 5.91. The molecular formula is C12H14N4O2. The molecule has 6 nitrogen and oxygen atoms in total. The predicted octanol–water partition coefficient (Wildman–Crippen LogP) is 1.04. The van der Waals surface area contributed by atoms with E-state index in [4.69, 9.17) is 5.11 Å². The molecule has 1 aliphatic rings. The topological polar surface area (TPSA) is 72.9 Å². The molecule has 0 amide bonds. The van der Waals surface area contributed by atoms with Crippen molar-refractivity contribution in [1.29, 1.82) is 0 Å². The normalized spacial score (nSPS) is 18.6. The highest BCUT2D eigenvalue weighted by Gasteiger charge is 2.23. The minimum Gasteiger partial charge on any atom is -0.476 e. The van der Waals surface area contributed by atoms with Crippen LogP contribution in [-0.2, 0) is 20.0 Å². The molecule has 0 saturated heterocycles. The minimum atomic E-state index is -0.963. The highest BCUT2D eigenvalue weighted by Crippen LogP contribution is 2.28. The van der Waals surface area contributed by atoms with Gasteiger partial charge >= 0.3 is 5.97 Å². The maximum absolute atomic E-state index is 10.9. The van der Waals surface area contributed by atoms with Crippen LogP contribution in [0.1, 0.15) is 34.2 Å². The number of rotatable bonds is 2. The molecule has 0 fully saturated rings. The maximum Gasteiger partial charge on any atom is 0.356 e. The van der Waals surface area contributed by atoms with Crippen molar-refractivity contribution < 1.29 is 9.90 Å². The number of carbonyl (C=O) groups is 1. The van der Waals surface area contributed by atoms with Gasteiger partial charge in [-0.3, -0.25) is 4.68 Å². The van der Waals surface area contributed by atoms with Crippen molar-refractivity contribution in [2.75, 3.05) is 0 Å². The fraction of sp³-hybridized carbons (Fsp3) is 0.417. The molecule has 18 heavy (non-hydrogen) atoms. The highest BCUT2D eigenvalue weighted by atomic mass is 16.4. The molecule has 1 atom stereocenters. The molecule has 0 radical (unpaired) electrons. The lowest BCUT2D eigenvalue weighted by molar-refractivity contribution is 0.0691. The summed E-state index contributed by atoms with van der Waals surface area (Å²) in [6, 6.07) is 0. The Morgan fingerprint density at radius 2 is 2.33 bits per heavy atom. The van der Waals surface area contributed by atoms with Crippen molar-refractivity contribution in [3.8, 4) is 0 Å². The molecule has 3 heterocycles. The molecule has 94 valence electrons. The third-order valence-corrected chi connectivity index (χ3v) is 3.41. The Kier molecular flexibility index (Phi) is 2.43. The van der Waals surface area contributed by atoms with Crippen molar-refractivity contribution in [3.05, 3.63) is 35.7 Å². The van der Waals surface area contributed by atoms with E-state index in [-0.39, 0.29) is 5.69 Å². The van der Waals surface area contributed by atoms with Crippen LogP contribution in [0.2, 0.25) is 0 Å². The van der Waals surface area contributed by atoms with Gasteiger partial charge in [0.25, 0.3) is 0 Å². The number of hydrogen-bond donors (Lipinski definition) is 1. The fourth-order valence-corrected chi connectivity index (χ4v) is 2.47. The smallest absolute Gasteiger partial charge is 0.356 e. The second kappa shape index (κ2) is 3.97. The number of hydrogen-bond acceptors (Lipinski definition) is 3. The first-order chi connectivity index (χ1) is 8.63. The molecule has 0 aliphatic carbocycles. The van der Waals surface area contributed by atoms with Crippen molar-refractivity contribution in [2.45, 2.75) is 25.3 Å². The summed E-state index contributed by atoms with van der Waals surface area (Å²) in [4.78, 5) is 15.0. The van der Waals surface area contributed by atoms with E-state index in [2.05, 4.69) is 10.1 Å². The van der Waals surface area contributed by atoms with Gasteiger partial charge in [0, 0.05) is 38.3 Å². The Morgan fingerprint density at radius 1 is 1.50 bits per heavy atom. The van der Waals surface area contributed by atoms with Crippen LogP contribution in [0, 0.1) is 0 Å². The second-order valence-electron chi connectivity index (χ2n) is 4.68. The molecule has 0 saturated carbocycles. The number of carboxylic acids is 1. The van der Waals surface area contributed by atoms with Gasteiger partial charge in [0.15, 0.2) is 5.69 Å². The molecular weight excluding hydrogens is 232 g/mol. The molecule has 0 spiro atoms. The standard InChI is InChI=1S/C12H14N4O2/c1-15-5-9(4-13-15)8-2-3-11-14-10(12(17)18)7-16(11)6-8/h4-5,7-8H,2-3,6H2,1H3,(H,17,18)/t8-/m1/s1. The zero-order chi connectivity index (χ0) is 12.7. The van der Waals surface area contributed by atoms with Crippen molar-refractivity contribution >= 4 is 5.97 Å². The predicted molar refractivity (Wildman–Crippen MR) is 63.5 cm³/mol. The van der Waals surface area contributed by atoms with E-state index in [0.29, 0.717) is 5.92 Å². The van der Waals surface area contributed by atoms with E-state index >= 15 is 0 Å². The van der Waals surface area contributed by atoms with Crippen LogP contribution < -0.4 is 0 Å². The average molecular weight is 246 g/mol. The number of aromatic carboxylic acids is 1. The minimum absolute atomic E-state index is 0.136. The van der Waals surface area contributed by atoms with E-state index in [1.807, 2.05) is 24.0 Å². The molecule has 1 N–H and O–H groups in total. The zero-order valence-electron chi connectivity index (χ0n) is 10.1. The van der Waals surface area contributed by atoms with E-state index in [1.54, 1.807) is 10.9 Å². The third kappa shape index (κ3) is 1.79. The summed E-state index contributed by atoms with van der Waals surface area (Å²) in [5.74, 6) is 0.296. The van der Waals surface area contributed by atoms with E-state index in [0.717, 1.165) is 25.2 Å². The lowest BCUT2D eigenvalue weighted by atomic mass is 9.94. The van der Waals surface area contributed by atoms with Crippen LogP contribution in [0.25, 0.3) is 0 Å². The Balaban J connectivity index is 1.86. The van der Waals surface area contributed by atoms with Gasteiger partial charge in [0.2, 0.25) is 0 Å². The van der Waals surface area contributed by atoms with Crippen molar-refractivity contribution in [2.24, 2.45) is 7.05 Å². The van der Waals surface area contributed by atoms with Gasteiger partial charge in [-0.05, 0) is 12.0 Å². The Hall–Kier alpha value is -2.11. The van der Waals surface area contributed by atoms with Gasteiger partial charge in [-0.1, -0.05) is 0 Å². The van der Waals surface area contributed by atoms with Gasteiger partial charge in [-0.25, -0.2) is 9.78 Å². The van der Waals surface area contributed by atoms with Gasteiger partial charge < -0.3 is 9.67 Å². The molecule has 2 aromatic heterocycles. The van der Waals surface area contributed by atoms with Crippen LogP contribution in [0.5, 0.6) is 0 Å². The summed E-state index contributed by atoms with van der Waals surface area (Å²) in [7, 11) is 1.90. The highest BCUT2D eigenvalue weighted by molar-refractivity contribution is 5.85. The van der Waals surface area contributed by atoms with E-state index < -0.39 is 5.97 Å². The van der Waals surface area contributed by atoms with Crippen LogP contribution in [0.4, 0.5) is 0 Å². The molecule has 0 aromatic carbocycles. The Morgan fingerprint density at radius 3 is 3.00 bits per heavy atom. The Labute approximate surface area is 104 Å². The summed E-state index contributed by atoms with van der Waals surface area (Å²) in [6.07, 6.45) is 7.32. The fourth-order valence-electron chi connectivity index (χ4n) is 2.47. The number of aryl methyl sites for hydroxylation is 2. The van der Waals surface area contributed by atoms with Gasteiger partial charge in [0.1, 0.15) is 5.82 Å². The quantitative estimate of drug-likeness (QED) is 0.859. The number of carboxylic acid groups (broad SMARTS) is 1. The lowest BCUT2D eigenvalue weighted by Crippen LogP contribution is -2.18. The molecule has 2 aromatic rings. The number of imidazole rings is 1. The third-order valence-electron chi connectivity index (χ3n) is 3.41. The average Bonchev–Trinajstić information content (AvgIpc) is 2.93. The summed E-state index contributed by atoms with van der Waals surface area (Å²) in [5.41, 5.74) is 1.34. The summed E-state index contributed by atoms with van der Waals surface area (Å²) < 4.78 is 3.74. The monoisotopic (exact) mass is 246 g/mol. The summed E-state index contributed by atoms with van der Waals surface area (Å²) >= 11 is 0. The lowest BCUT2D eigenvalue weighted by Gasteiger charge is -2.22. The van der Waals surface area contributed by atoms with Crippen LogP contribution in [0.3, 0.4) is 0 Å². The largest absolute Gasteiger partial charge is 0.476 e. The molecule has 3 rings (SSSR count). The maximum atomic E-state index is 10.9. The van der Waals surface area contributed by atoms with Gasteiger partial charge in [-0.2, -0.15) is 5.10 Å². The SMILES string of the molecule is Cn1cc([C@@H]2CCc3nc(C(=O)O)cn3C2)cn1. The molecule has 0 unspecified atom stereocenters. The van der Waals surface area contributed by atoms with Gasteiger partial charge in [0.05, 0.1) is 6.20 Å². The van der Waals surface area contributed by atoms with E-state index in [9.17, 15) is 4.79 Å². The first-order valence-electron chi connectivity index (χ1n) is 5.91. The molecule has 0 bridgehead atoms. The van der Waals surface area contributed by atoms with Gasteiger partial charge in [-0.15, -0.1) is 0 Å². The van der Waals surface area contributed by atoms with E-state index in [1.165, 1.54) is 5.56 Å².